The van der Waals surface area contributed by atoms with Gasteiger partial charge in [0.15, 0.2) is 0 Å². The molecule has 1 aromatic carbocycles. The van der Waals surface area contributed by atoms with E-state index in [0.29, 0.717) is 18.8 Å². The summed E-state index contributed by atoms with van der Waals surface area (Å²) in [5.74, 6) is 0.684. The van der Waals surface area contributed by atoms with Crippen LogP contribution in [0, 0.1) is 0 Å². The molecule has 7 heteroatoms. The quantitative estimate of drug-likeness (QED) is 0.791. The highest BCUT2D eigenvalue weighted by Gasteiger charge is 2.10. The van der Waals surface area contributed by atoms with Gasteiger partial charge < -0.3 is 0 Å². The molecule has 0 spiro atoms. The lowest BCUT2D eigenvalue weighted by Crippen LogP contribution is -2.17. The fraction of sp³-hybridized carbons (Fsp3) is 0.154. The third kappa shape index (κ3) is 2.57. The van der Waals surface area contributed by atoms with Crippen LogP contribution in [0.4, 0.5) is 0 Å². The molecule has 0 aliphatic rings. The van der Waals surface area contributed by atoms with Gasteiger partial charge in [-0.15, -0.1) is 0 Å². The minimum absolute atomic E-state index is 0.237. The SMILES string of the molecule is O=c1[nH]nc(CCn2cccn2)n1-c1cccc(Br)c1. The summed E-state index contributed by atoms with van der Waals surface area (Å²) < 4.78 is 4.31. The van der Waals surface area contributed by atoms with Gasteiger partial charge in [-0.05, 0) is 24.3 Å². The molecule has 0 saturated heterocycles. The molecule has 20 heavy (non-hydrogen) atoms. The van der Waals surface area contributed by atoms with Crippen molar-refractivity contribution in [2.75, 3.05) is 0 Å². The summed E-state index contributed by atoms with van der Waals surface area (Å²) in [6.07, 6.45) is 4.23. The number of nitrogens with one attached hydrogen (secondary N) is 1. The maximum Gasteiger partial charge on any atom is 0.347 e. The van der Waals surface area contributed by atoms with E-state index in [1.54, 1.807) is 10.8 Å². The average molecular weight is 334 g/mol. The summed E-state index contributed by atoms with van der Waals surface area (Å²) in [6, 6.07) is 9.42. The minimum Gasteiger partial charge on any atom is -0.272 e. The predicted molar refractivity (Wildman–Crippen MR) is 77.8 cm³/mol. The summed E-state index contributed by atoms with van der Waals surface area (Å²) in [5, 5.41) is 10.7. The molecule has 1 N–H and O–H groups in total. The van der Waals surface area contributed by atoms with Crippen molar-refractivity contribution >= 4 is 15.9 Å². The zero-order chi connectivity index (χ0) is 13.9. The second-order valence-electron chi connectivity index (χ2n) is 4.28. The number of H-pyrrole nitrogens is 1. The first-order chi connectivity index (χ1) is 9.74. The molecule has 0 radical (unpaired) electrons. The maximum absolute atomic E-state index is 11.9. The van der Waals surface area contributed by atoms with Gasteiger partial charge in [0.05, 0.1) is 5.69 Å². The molecule has 3 rings (SSSR count). The van der Waals surface area contributed by atoms with Crippen LogP contribution in [0.3, 0.4) is 0 Å². The van der Waals surface area contributed by atoms with Gasteiger partial charge in [0.1, 0.15) is 5.82 Å². The lowest BCUT2D eigenvalue weighted by molar-refractivity contribution is 0.594. The second kappa shape index (κ2) is 5.46. The number of hydrogen-bond acceptors (Lipinski definition) is 3. The predicted octanol–water partition coefficient (Wildman–Crippen LogP) is 1.76. The molecule has 0 saturated carbocycles. The number of halogens is 1. The van der Waals surface area contributed by atoms with E-state index in [4.69, 9.17) is 0 Å². The van der Waals surface area contributed by atoms with Crippen LogP contribution >= 0.6 is 15.9 Å². The van der Waals surface area contributed by atoms with Gasteiger partial charge >= 0.3 is 5.69 Å². The van der Waals surface area contributed by atoms with E-state index in [9.17, 15) is 4.79 Å². The molecule has 2 aromatic heterocycles. The number of rotatable bonds is 4. The normalized spacial score (nSPS) is 10.8. The van der Waals surface area contributed by atoms with Crippen LogP contribution in [-0.4, -0.2) is 24.5 Å². The topological polar surface area (TPSA) is 68.5 Å². The molecule has 0 bridgehead atoms. The van der Waals surface area contributed by atoms with E-state index < -0.39 is 0 Å². The molecular weight excluding hydrogens is 322 g/mol. The number of hydrogen-bond donors (Lipinski definition) is 1. The van der Waals surface area contributed by atoms with E-state index in [1.165, 1.54) is 0 Å². The van der Waals surface area contributed by atoms with Crippen LogP contribution in [0.5, 0.6) is 0 Å². The Kier molecular flexibility index (Phi) is 3.51. The first-order valence-corrected chi connectivity index (χ1v) is 6.93. The van der Waals surface area contributed by atoms with Crippen LogP contribution in [0.15, 0.2) is 52.0 Å². The van der Waals surface area contributed by atoms with Gasteiger partial charge in [0, 0.05) is 29.8 Å². The Bertz CT molecular complexity index is 759. The Morgan fingerprint density at radius 1 is 1.30 bits per heavy atom. The molecule has 0 aliphatic heterocycles. The molecule has 6 nitrogen and oxygen atoms in total. The zero-order valence-corrected chi connectivity index (χ0v) is 12.1. The van der Waals surface area contributed by atoms with Crippen molar-refractivity contribution < 1.29 is 0 Å². The number of aromatic nitrogens is 5. The molecule has 0 aliphatic carbocycles. The Labute approximate surface area is 123 Å². The zero-order valence-electron chi connectivity index (χ0n) is 10.5. The Hall–Kier alpha value is -2.15. The molecule has 0 atom stereocenters. The Morgan fingerprint density at radius 2 is 2.20 bits per heavy atom. The molecule has 0 fully saturated rings. The highest BCUT2D eigenvalue weighted by Crippen LogP contribution is 2.15. The van der Waals surface area contributed by atoms with Gasteiger partial charge in [-0.3, -0.25) is 4.68 Å². The van der Waals surface area contributed by atoms with Crippen molar-refractivity contribution in [3.63, 3.8) is 0 Å². The van der Waals surface area contributed by atoms with Crippen LogP contribution < -0.4 is 5.69 Å². The van der Waals surface area contributed by atoms with Crippen LogP contribution in [-0.2, 0) is 13.0 Å². The molecule has 0 unspecified atom stereocenters. The summed E-state index contributed by atoms with van der Waals surface area (Å²) in [5.41, 5.74) is 0.548. The number of benzene rings is 1. The van der Waals surface area contributed by atoms with Gasteiger partial charge in [0.2, 0.25) is 0 Å². The fourth-order valence-electron chi connectivity index (χ4n) is 2.03. The molecular formula is C13H12BrN5O. The monoisotopic (exact) mass is 333 g/mol. The third-order valence-electron chi connectivity index (χ3n) is 2.93. The van der Waals surface area contributed by atoms with Crippen molar-refractivity contribution in [3.8, 4) is 5.69 Å². The van der Waals surface area contributed by atoms with E-state index in [2.05, 4.69) is 31.2 Å². The summed E-state index contributed by atoms with van der Waals surface area (Å²) in [4.78, 5) is 11.9. The van der Waals surface area contributed by atoms with Crippen LogP contribution in [0.2, 0.25) is 0 Å². The third-order valence-corrected chi connectivity index (χ3v) is 3.43. The fourth-order valence-corrected chi connectivity index (χ4v) is 2.41. The van der Waals surface area contributed by atoms with E-state index >= 15 is 0 Å². The van der Waals surface area contributed by atoms with Crippen LogP contribution in [0.1, 0.15) is 5.82 Å². The van der Waals surface area contributed by atoms with Crippen molar-refractivity contribution in [2.24, 2.45) is 0 Å². The Balaban J connectivity index is 1.91. The van der Waals surface area contributed by atoms with Crippen molar-refractivity contribution in [1.29, 1.82) is 0 Å². The highest BCUT2D eigenvalue weighted by atomic mass is 79.9. The lowest BCUT2D eigenvalue weighted by atomic mass is 10.3. The minimum atomic E-state index is -0.237. The summed E-state index contributed by atoms with van der Waals surface area (Å²) in [7, 11) is 0. The Morgan fingerprint density at radius 3 is 2.95 bits per heavy atom. The van der Waals surface area contributed by atoms with Crippen LogP contribution in [0.25, 0.3) is 5.69 Å². The lowest BCUT2D eigenvalue weighted by Gasteiger charge is -2.06. The summed E-state index contributed by atoms with van der Waals surface area (Å²) >= 11 is 3.41. The molecule has 0 amide bonds. The number of aryl methyl sites for hydroxylation is 2. The van der Waals surface area contributed by atoms with Gasteiger partial charge in [-0.1, -0.05) is 22.0 Å². The van der Waals surface area contributed by atoms with Crippen molar-refractivity contribution in [1.82, 2.24) is 24.5 Å². The van der Waals surface area contributed by atoms with Crippen molar-refractivity contribution in [3.05, 3.63) is 63.5 Å². The van der Waals surface area contributed by atoms with Gasteiger partial charge in [-0.25, -0.2) is 14.5 Å². The van der Waals surface area contributed by atoms with E-state index in [1.807, 2.05) is 41.2 Å². The van der Waals surface area contributed by atoms with E-state index in [0.717, 1.165) is 10.2 Å². The molecule has 3 aromatic rings. The second-order valence-corrected chi connectivity index (χ2v) is 5.20. The maximum atomic E-state index is 11.9. The number of nitrogens with zero attached hydrogens (tertiary/aromatic N) is 4. The highest BCUT2D eigenvalue weighted by molar-refractivity contribution is 9.10. The first kappa shape index (κ1) is 12.9. The number of aromatic amines is 1. The smallest absolute Gasteiger partial charge is 0.272 e. The molecule has 102 valence electrons. The van der Waals surface area contributed by atoms with Crippen molar-refractivity contribution in [2.45, 2.75) is 13.0 Å². The summed E-state index contributed by atoms with van der Waals surface area (Å²) in [6.45, 7) is 0.672. The standard InChI is InChI=1S/C13H12BrN5O/c14-10-3-1-4-11(9-10)19-12(16-17-13(19)20)5-8-18-7-2-6-15-18/h1-4,6-7,9H,5,8H2,(H,17,20). The van der Waals surface area contributed by atoms with E-state index in [-0.39, 0.29) is 5.69 Å². The first-order valence-electron chi connectivity index (χ1n) is 6.14. The van der Waals surface area contributed by atoms with Gasteiger partial charge in [0.25, 0.3) is 0 Å². The largest absolute Gasteiger partial charge is 0.347 e. The van der Waals surface area contributed by atoms with Gasteiger partial charge in [-0.2, -0.15) is 10.2 Å². The molecule has 2 heterocycles. The average Bonchev–Trinajstić information content (AvgIpc) is 3.06.